The number of H-pyrrole nitrogens is 1. The summed E-state index contributed by atoms with van der Waals surface area (Å²) in [6.07, 6.45) is 3.38. The normalized spacial score (nSPS) is 27.0. The van der Waals surface area contributed by atoms with E-state index in [1.807, 2.05) is 0 Å². The first-order valence-electron chi connectivity index (χ1n) is 7.40. The van der Waals surface area contributed by atoms with Gasteiger partial charge in [0.25, 0.3) is 0 Å². The number of ether oxygens (including phenoxy) is 1. The summed E-state index contributed by atoms with van der Waals surface area (Å²) in [5.41, 5.74) is -0.546. The molecule has 0 bridgehead atoms. The third kappa shape index (κ3) is 2.59. The van der Waals surface area contributed by atoms with Crippen molar-refractivity contribution in [2.45, 2.75) is 6.54 Å². The van der Waals surface area contributed by atoms with Crippen LogP contribution >= 0.6 is 0 Å². The van der Waals surface area contributed by atoms with Crippen molar-refractivity contribution in [2.75, 3.05) is 39.9 Å². The first kappa shape index (κ1) is 15.0. The maximum Gasteiger partial charge on any atom is 0.248 e. The van der Waals surface area contributed by atoms with Crippen LogP contribution in [0.25, 0.3) is 0 Å². The van der Waals surface area contributed by atoms with Crippen LogP contribution in [0.5, 0.6) is 0 Å². The van der Waals surface area contributed by atoms with Gasteiger partial charge in [0, 0.05) is 51.6 Å². The molecule has 0 radical (unpaired) electrons. The van der Waals surface area contributed by atoms with Crippen LogP contribution in [0.1, 0.15) is 5.82 Å². The lowest BCUT2D eigenvalue weighted by Crippen LogP contribution is -2.47. The van der Waals surface area contributed by atoms with E-state index in [0.717, 1.165) is 12.4 Å². The Balaban J connectivity index is 1.67. The SMILES string of the molecule is COCC(=O)N1C[C@H]2CNC[C@@]2(C(=O)NCc2ncc[nH]2)C1. The number of nitrogens with one attached hydrogen (secondary N) is 3. The van der Waals surface area contributed by atoms with E-state index in [2.05, 4.69) is 20.6 Å². The van der Waals surface area contributed by atoms with Crippen molar-refractivity contribution in [3.63, 3.8) is 0 Å². The van der Waals surface area contributed by atoms with E-state index in [-0.39, 0.29) is 24.3 Å². The Kier molecular flexibility index (Phi) is 4.12. The smallest absolute Gasteiger partial charge is 0.248 e. The number of nitrogens with zero attached hydrogens (tertiary/aromatic N) is 2. The largest absolute Gasteiger partial charge is 0.375 e. The third-order valence-corrected chi connectivity index (χ3v) is 4.57. The zero-order valence-electron chi connectivity index (χ0n) is 12.6. The Bertz CT molecular complexity index is 547. The molecule has 0 aromatic carbocycles. The van der Waals surface area contributed by atoms with Gasteiger partial charge in [-0.1, -0.05) is 0 Å². The maximum atomic E-state index is 12.7. The Morgan fingerprint density at radius 3 is 3.18 bits per heavy atom. The molecule has 3 rings (SSSR count). The Morgan fingerprint density at radius 1 is 1.59 bits per heavy atom. The summed E-state index contributed by atoms with van der Waals surface area (Å²) in [6, 6.07) is 0. The molecule has 22 heavy (non-hydrogen) atoms. The number of methoxy groups -OCH3 is 1. The summed E-state index contributed by atoms with van der Waals surface area (Å²) in [4.78, 5) is 33.5. The number of fused-ring (bicyclic) bond motifs is 1. The van der Waals surface area contributed by atoms with Gasteiger partial charge in [0.2, 0.25) is 11.8 Å². The van der Waals surface area contributed by atoms with E-state index in [1.54, 1.807) is 17.3 Å². The first-order valence-corrected chi connectivity index (χ1v) is 7.40. The second kappa shape index (κ2) is 6.05. The number of amides is 2. The monoisotopic (exact) mass is 307 g/mol. The molecule has 3 N–H and O–H groups in total. The fourth-order valence-electron chi connectivity index (χ4n) is 3.38. The maximum absolute atomic E-state index is 12.7. The number of aromatic amines is 1. The molecule has 2 aliphatic rings. The van der Waals surface area contributed by atoms with Crippen molar-refractivity contribution in [3.8, 4) is 0 Å². The first-order chi connectivity index (χ1) is 10.7. The van der Waals surface area contributed by atoms with Gasteiger partial charge < -0.3 is 25.3 Å². The Labute approximate surface area is 128 Å². The number of imidazole rings is 1. The van der Waals surface area contributed by atoms with E-state index in [1.165, 1.54) is 7.11 Å². The molecular formula is C14H21N5O3. The average molecular weight is 307 g/mol. The average Bonchev–Trinajstić information content (AvgIpc) is 3.20. The van der Waals surface area contributed by atoms with Crippen molar-refractivity contribution in [1.29, 1.82) is 0 Å². The zero-order chi connectivity index (χ0) is 15.6. The van der Waals surface area contributed by atoms with Gasteiger partial charge in [-0.25, -0.2) is 4.98 Å². The lowest BCUT2D eigenvalue weighted by atomic mass is 9.80. The summed E-state index contributed by atoms with van der Waals surface area (Å²) in [6.45, 7) is 2.82. The highest BCUT2D eigenvalue weighted by Crippen LogP contribution is 2.39. The molecule has 2 amide bonds. The molecule has 2 fully saturated rings. The van der Waals surface area contributed by atoms with E-state index in [0.29, 0.717) is 26.2 Å². The van der Waals surface area contributed by atoms with E-state index >= 15 is 0 Å². The number of hydrogen-bond acceptors (Lipinski definition) is 5. The van der Waals surface area contributed by atoms with Gasteiger partial charge in [-0.15, -0.1) is 0 Å². The number of aromatic nitrogens is 2. The molecule has 0 saturated carbocycles. The summed E-state index contributed by atoms with van der Waals surface area (Å²) >= 11 is 0. The van der Waals surface area contributed by atoms with Gasteiger partial charge in [-0.2, -0.15) is 0 Å². The number of carbonyl (C=O) groups is 2. The number of hydrogen-bond donors (Lipinski definition) is 3. The van der Waals surface area contributed by atoms with Crippen LogP contribution in [0.3, 0.4) is 0 Å². The van der Waals surface area contributed by atoms with Crippen LogP contribution in [0.2, 0.25) is 0 Å². The van der Waals surface area contributed by atoms with Crippen LogP contribution in [0.15, 0.2) is 12.4 Å². The number of likely N-dealkylation sites (tertiary alicyclic amines) is 1. The van der Waals surface area contributed by atoms with E-state index in [9.17, 15) is 9.59 Å². The lowest BCUT2D eigenvalue weighted by Gasteiger charge is -2.26. The molecule has 2 atom stereocenters. The molecule has 0 spiro atoms. The fraction of sp³-hybridized carbons (Fsp3) is 0.643. The predicted octanol–water partition coefficient (Wildman–Crippen LogP) is -1.28. The van der Waals surface area contributed by atoms with Crippen LogP contribution in [-0.4, -0.2) is 66.6 Å². The highest BCUT2D eigenvalue weighted by molar-refractivity contribution is 5.86. The summed E-state index contributed by atoms with van der Waals surface area (Å²) < 4.78 is 4.91. The topological polar surface area (TPSA) is 99.3 Å². The van der Waals surface area contributed by atoms with Gasteiger partial charge in [0.15, 0.2) is 0 Å². The molecule has 8 heteroatoms. The molecule has 8 nitrogen and oxygen atoms in total. The van der Waals surface area contributed by atoms with Crippen molar-refractivity contribution in [1.82, 2.24) is 25.5 Å². The molecule has 2 aliphatic heterocycles. The Hall–Kier alpha value is -1.93. The predicted molar refractivity (Wildman–Crippen MR) is 77.7 cm³/mol. The van der Waals surface area contributed by atoms with E-state index in [4.69, 9.17) is 4.74 Å². The van der Waals surface area contributed by atoms with Gasteiger partial charge in [0.1, 0.15) is 12.4 Å². The van der Waals surface area contributed by atoms with Crippen LogP contribution in [0.4, 0.5) is 0 Å². The molecule has 2 saturated heterocycles. The van der Waals surface area contributed by atoms with Crippen LogP contribution < -0.4 is 10.6 Å². The van der Waals surface area contributed by atoms with Gasteiger partial charge in [-0.3, -0.25) is 9.59 Å². The zero-order valence-corrected chi connectivity index (χ0v) is 12.6. The quantitative estimate of drug-likeness (QED) is 0.629. The molecular weight excluding hydrogens is 286 g/mol. The van der Waals surface area contributed by atoms with E-state index < -0.39 is 5.41 Å². The summed E-state index contributed by atoms with van der Waals surface area (Å²) in [7, 11) is 1.50. The molecule has 1 aromatic heterocycles. The second-order valence-electron chi connectivity index (χ2n) is 5.91. The number of carbonyl (C=O) groups excluding carboxylic acids is 2. The minimum atomic E-state index is -0.546. The lowest BCUT2D eigenvalue weighted by molar-refractivity contribution is -0.135. The molecule has 0 aliphatic carbocycles. The summed E-state index contributed by atoms with van der Waals surface area (Å²) in [5.74, 6) is 0.782. The van der Waals surface area contributed by atoms with Crippen molar-refractivity contribution >= 4 is 11.8 Å². The molecule has 120 valence electrons. The minimum absolute atomic E-state index is 0.0217. The summed E-state index contributed by atoms with van der Waals surface area (Å²) in [5, 5.41) is 6.22. The number of rotatable bonds is 5. The second-order valence-corrected chi connectivity index (χ2v) is 5.91. The standard InChI is InChI=1S/C14H21N5O3/c1-22-7-12(20)19-6-10-4-15-8-14(10,9-19)13(21)18-5-11-16-2-3-17-11/h2-3,10,15H,4-9H2,1H3,(H,16,17)(H,18,21)/t10-,14-/m1/s1. The minimum Gasteiger partial charge on any atom is -0.375 e. The van der Waals surface area contributed by atoms with Crippen LogP contribution in [0, 0.1) is 11.3 Å². The molecule has 3 heterocycles. The Morgan fingerprint density at radius 2 is 2.45 bits per heavy atom. The highest BCUT2D eigenvalue weighted by Gasteiger charge is 2.55. The van der Waals surface area contributed by atoms with Gasteiger partial charge in [-0.05, 0) is 0 Å². The van der Waals surface area contributed by atoms with Gasteiger partial charge >= 0.3 is 0 Å². The van der Waals surface area contributed by atoms with Crippen molar-refractivity contribution in [2.24, 2.45) is 11.3 Å². The van der Waals surface area contributed by atoms with Crippen molar-refractivity contribution < 1.29 is 14.3 Å². The van der Waals surface area contributed by atoms with Crippen LogP contribution in [-0.2, 0) is 20.9 Å². The van der Waals surface area contributed by atoms with Crippen molar-refractivity contribution in [3.05, 3.63) is 18.2 Å². The van der Waals surface area contributed by atoms with Gasteiger partial charge in [0.05, 0.1) is 12.0 Å². The highest BCUT2D eigenvalue weighted by atomic mass is 16.5. The third-order valence-electron chi connectivity index (χ3n) is 4.57. The fourth-order valence-corrected chi connectivity index (χ4v) is 3.38. The molecule has 1 aromatic rings. The molecule has 0 unspecified atom stereocenters.